The van der Waals surface area contributed by atoms with Crippen LogP contribution in [0.25, 0.3) is 0 Å². The van der Waals surface area contributed by atoms with Crippen molar-refractivity contribution in [2.24, 2.45) is 5.92 Å². The molecular weight excluding hydrogens is 212 g/mol. The van der Waals surface area contributed by atoms with Gasteiger partial charge in [-0.2, -0.15) is 0 Å². The van der Waals surface area contributed by atoms with Gasteiger partial charge in [0, 0.05) is 18.1 Å². The van der Waals surface area contributed by atoms with Gasteiger partial charge in [-0.25, -0.2) is 0 Å². The molecule has 2 fully saturated rings. The molecule has 0 unspecified atom stereocenters. The van der Waals surface area contributed by atoms with Crippen molar-refractivity contribution < 1.29 is 4.79 Å². The summed E-state index contributed by atoms with van der Waals surface area (Å²) in [6.07, 6.45) is 5.95. The van der Waals surface area contributed by atoms with Gasteiger partial charge in [-0.15, -0.1) is 0 Å². The summed E-state index contributed by atoms with van der Waals surface area (Å²) in [6, 6.07) is 0.464. The van der Waals surface area contributed by atoms with Crippen LogP contribution in [0.3, 0.4) is 0 Å². The summed E-state index contributed by atoms with van der Waals surface area (Å²) < 4.78 is 0. The van der Waals surface area contributed by atoms with Gasteiger partial charge in [0.25, 0.3) is 0 Å². The van der Waals surface area contributed by atoms with E-state index in [1.807, 2.05) is 0 Å². The molecule has 1 amide bonds. The number of rotatable bonds is 2. The Kier molecular flexibility index (Phi) is 3.76. The third-order valence-corrected chi connectivity index (χ3v) is 4.21. The zero-order valence-corrected chi connectivity index (χ0v) is 11.5. The van der Waals surface area contributed by atoms with Crippen LogP contribution in [-0.4, -0.2) is 35.5 Å². The Balaban J connectivity index is 1.81. The van der Waals surface area contributed by atoms with E-state index in [1.165, 1.54) is 25.7 Å². The molecule has 98 valence electrons. The Morgan fingerprint density at radius 1 is 1.18 bits per heavy atom. The molecule has 1 saturated carbocycles. The van der Waals surface area contributed by atoms with Gasteiger partial charge in [0.1, 0.15) is 0 Å². The van der Waals surface area contributed by atoms with E-state index in [0.29, 0.717) is 11.9 Å². The summed E-state index contributed by atoms with van der Waals surface area (Å²) in [7, 11) is 0. The average molecular weight is 238 g/mol. The SMILES string of the molecule is CC(C)(C)N1CC[C@H](C(=O)NC2CCCC2)C1. The van der Waals surface area contributed by atoms with Crippen LogP contribution >= 0.6 is 0 Å². The predicted molar refractivity (Wildman–Crippen MR) is 69.8 cm³/mol. The van der Waals surface area contributed by atoms with Gasteiger partial charge >= 0.3 is 0 Å². The number of nitrogens with zero attached hydrogens (tertiary/aromatic N) is 1. The predicted octanol–water partition coefficient (Wildman–Crippen LogP) is 2.17. The van der Waals surface area contributed by atoms with E-state index in [-0.39, 0.29) is 11.5 Å². The zero-order valence-electron chi connectivity index (χ0n) is 11.5. The molecule has 2 aliphatic rings. The monoisotopic (exact) mass is 238 g/mol. The minimum absolute atomic E-state index is 0.197. The third kappa shape index (κ3) is 3.21. The fourth-order valence-electron chi connectivity index (χ4n) is 2.97. The first-order valence-corrected chi connectivity index (χ1v) is 7.02. The topological polar surface area (TPSA) is 32.3 Å². The third-order valence-electron chi connectivity index (χ3n) is 4.21. The number of likely N-dealkylation sites (tertiary alicyclic amines) is 1. The molecule has 1 saturated heterocycles. The maximum absolute atomic E-state index is 12.1. The molecule has 0 bridgehead atoms. The van der Waals surface area contributed by atoms with E-state index in [1.54, 1.807) is 0 Å². The highest BCUT2D eigenvalue weighted by atomic mass is 16.2. The lowest BCUT2D eigenvalue weighted by Gasteiger charge is -2.31. The number of carbonyl (C=O) groups is 1. The van der Waals surface area contributed by atoms with Crippen molar-refractivity contribution in [2.75, 3.05) is 13.1 Å². The highest BCUT2D eigenvalue weighted by molar-refractivity contribution is 5.79. The Labute approximate surface area is 105 Å². The van der Waals surface area contributed by atoms with E-state index in [2.05, 4.69) is 31.0 Å². The maximum Gasteiger partial charge on any atom is 0.224 e. The highest BCUT2D eigenvalue weighted by Gasteiger charge is 2.34. The van der Waals surface area contributed by atoms with Crippen LogP contribution in [0.5, 0.6) is 0 Å². The molecule has 0 aromatic heterocycles. The lowest BCUT2D eigenvalue weighted by atomic mass is 10.1. The molecule has 1 atom stereocenters. The molecule has 3 nitrogen and oxygen atoms in total. The highest BCUT2D eigenvalue weighted by Crippen LogP contribution is 2.25. The zero-order chi connectivity index (χ0) is 12.5. The summed E-state index contributed by atoms with van der Waals surface area (Å²) >= 11 is 0. The lowest BCUT2D eigenvalue weighted by Crippen LogP contribution is -2.42. The average Bonchev–Trinajstić information content (AvgIpc) is 2.85. The van der Waals surface area contributed by atoms with E-state index < -0.39 is 0 Å². The number of carbonyl (C=O) groups excluding carboxylic acids is 1. The molecule has 3 heteroatoms. The second kappa shape index (κ2) is 4.97. The summed E-state index contributed by atoms with van der Waals surface area (Å²) in [5.74, 6) is 0.512. The Bertz CT molecular complexity index is 276. The van der Waals surface area contributed by atoms with Gasteiger partial charge in [-0.05, 0) is 46.6 Å². The van der Waals surface area contributed by atoms with Crippen LogP contribution in [0.4, 0.5) is 0 Å². The van der Waals surface area contributed by atoms with Gasteiger partial charge in [-0.3, -0.25) is 9.69 Å². The molecule has 0 spiro atoms. The summed E-state index contributed by atoms with van der Waals surface area (Å²) in [4.78, 5) is 14.6. The van der Waals surface area contributed by atoms with Crippen LogP contribution in [0.2, 0.25) is 0 Å². The van der Waals surface area contributed by atoms with Gasteiger partial charge in [0.2, 0.25) is 5.91 Å². The minimum Gasteiger partial charge on any atom is -0.353 e. The van der Waals surface area contributed by atoms with Crippen molar-refractivity contribution in [1.29, 1.82) is 0 Å². The number of amides is 1. The molecule has 17 heavy (non-hydrogen) atoms. The van der Waals surface area contributed by atoms with Crippen LogP contribution in [0.15, 0.2) is 0 Å². The molecule has 1 aliphatic heterocycles. The first-order chi connectivity index (χ1) is 7.97. The molecule has 2 rings (SSSR count). The smallest absolute Gasteiger partial charge is 0.224 e. The van der Waals surface area contributed by atoms with Crippen molar-refractivity contribution in [3.05, 3.63) is 0 Å². The molecule has 1 aliphatic carbocycles. The van der Waals surface area contributed by atoms with Crippen LogP contribution < -0.4 is 5.32 Å². The summed E-state index contributed by atoms with van der Waals surface area (Å²) in [6.45, 7) is 8.67. The molecule has 1 heterocycles. The molecule has 1 N–H and O–H groups in total. The van der Waals surface area contributed by atoms with Crippen LogP contribution in [0.1, 0.15) is 52.9 Å². The normalized spacial score (nSPS) is 27.6. The van der Waals surface area contributed by atoms with Crippen LogP contribution in [0, 0.1) is 5.92 Å². The van der Waals surface area contributed by atoms with E-state index in [4.69, 9.17) is 0 Å². The van der Waals surface area contributed by atoms with Crippen molar-refractivity contribution in [3.63, 3.8) is 0 Å². The molecule has 0 aromatic carbocycles. The minimum atomic E-state index is 0.197. The largest absolute Gasteiger partial charge is 0.353 e. The molecule has 0 radical (unpaired) electrons. The summed E-state index contributed by atoms with van der Waals surface area (Å²) in [5, 5.41) is 3.23. The Hall–Kier alpha value is -0.570. The van der Waals surface area contributed by atoms with Gasteiger partial charge in [-0.1, -0.05) is 12.8 Å². The Morgan fingerprint density at radius 2 is 1.82 bits per heavy atom. The van der Waals surface area contributed by atoms with Crippen molar-refractivity contribution in [3.8, 4) is 0 Å². The number of nitrogens with one attached hydrogen (secondary N) is 1. The number of hydrogen-bond donors (Lipinski definition) is 1. The van der Waals surface area contributed by atoms with Crippen molar-refractivity contribution >= 4 is 5.91 Å². The standard InChI is InChI=1S/C14H26N2O/c1-14(2,3)16-9-8-11(10-16)13(17)15-12-6-4-5-7-12/h11-12H,4-10H2,1-3H3,(H,15,17)/t11-/m0/s1. The summed E-state index contributed by atoms with van der Waals surface area (Å²) in [5.41, 5.74) is 0.197. The fraction of sp³-hybridized carbons (Fsp3) is 0.929. The van der Waals surface area contributed by atoms with Gasteiger partial charge in [0.05, 0.1) is 5.92 Å². The number of hydrogen-bond acceptors (Lipinski definition) is 2. The van der Waals surface area contributed by atoms with Crippen molar-refractivity contribution in [1.82, 2.24) is 10.2 Å². The van der Waals surface area contributed by atoms with E-state index in [9.17, 15) is 4.79 Å². The second-order valence-corrected chi connectivity index (χ2v) is 6.59. The molecule has 0 aromatic rings. The van der Waals surface area contributed by atoms with Crippen molar-refractivity contribution in [2.45, 2.75) is 64.5 Å². The maximum atomic E-state index is 12.1. The second-order valence-electron chi connectivity index (χ2n) is 6.59. The molecular formula is C14H26N2O. The first-order valence-electron chi connectivity index (χ1n) is 7.02. The van der Waals surface area contributed by atoms with E-state index >= 15 is 0 Å². The quantitative estimate of drug-likeness (QED) is 0.799. The van der Waals surface area contributed by atoms with Gasteiger partial charge < -0.3 is 5.32 Å². The van der Waals surface area contributed by atoms with Crippen LogP contribution in [-0.2, 0) is 4.79 Å². The van der Waals surface area contributed by atoms with Gasteiger partial charge in [0.15, 0.2) is 0 Å². The fourth-order valence-corrected chi connectivity index (χ4v) is 2.97. The Morgan fingerprint density at radius 3 is 2.35 bits per heavy atom. The van der Waals surface area contributed by atoms with E-state index in [0.717, 1.165) is 19.5 Å². The first kappa shape index (κ1) is 12.9. The lowest BCUT2D eigenvalue weighted by molar-refractivity contribution is -0.125.